The summed E-state index contributed by atoms with van der Waals surface area (Å²) in [5, 5.41) is 1.32. The number of piperidine rings is 1. The number of aldehydes is 1. The molecule has 3 heterocycles. The number of aromatic amines is 1. The van der Waals surface area contributed by atoms with Crippen molar-refractivity contribution in [1.82, 2.24) is 9.88 Å². The zero-order chi connectivity index (χ0) is 18.5. The van der Waals surface area contributed by atoms with E-state index in [2.05, 4.69) is 60.7 Å². The van der Waals surface area contributed by atoms with E-state index in [9.17, 15) is 4.79 Å². The molecular weight excluding hydrogens is 340 g/mol. The highest BCUT2D eigenvalue weighted by atomic mass is 28.4. The molecule has 0 amide bonds. The predicted molar refractivity (Wildman–Crippen MR) is 108 cm³/mol. The van der Waals surface area contributed by atoms with Gasteiger partial charge in [0.25, 0.3) is 0 Å². The molecule has 26 heavy (non-hydrogen) atoms. The molecule has 2 aliphatic heterocycles. The number of aromatic nitrogens is 1. The highest BCUT2D eigenvalue weighted by Crippen LogP contribution is 2.44. The van der Waals surface area contributed by atoms with E-state index >= 15 is 0 Å². The van der Waals surface area contributed by atoms with Gasteiger partial charge in [0, 0.05) is 41.7 Å². The Hall–Kier alpha value is -1.43. The molecule has 4 rings (SSSR count). The summed E-state index contributed by atoms with van der Waals surface area (Å²) in [7, 11) is -1.57. The predicted octanol–water partition coefficient (Wildman–Crippen LogP) is 4.14. The number of nitrogens with zero attached hydrogens (tertiary/aromatic N) is 1. The maximum absolute atomic E-state index is 12.0. The second kappa shape index (κ2) is 6.62. The van der Waals surface area contributed by atoms with Gasteiger partial charge >= 0.3 is 0 Å². The highest BCUT2D eigenvalue weighted by molar-refractivity contribution is 6.69. The summed E-state index contributed by atoms with van der Waals surface area (Å²) in [6.45, 7) is 11.0. The van der Waals surface area contributed by atoms with E-state index in [1.165, 1.54) is 28.4 Å². The van der Waals surface area contributed by atoms with E-state index in [0.717, 1.165) is 25.9 Å². The molecule has 1 N–H and O–H groups in total. The summed E-state index contributed by atoms with van der Waals surface area (Å²) in [4.78, 5) is 18.2. The molecule has 0 radical (unpaired) electrons. The standard InChI is InChI=1S/C21H30N2O2Si/c1-14(25-26(2,3)4)15-11-16(13-24)21-20-18(9-10-23(21)12-15)17-7-5-6-8-19(17)22-20/h5-8,13-16,21-22H,9-12H2,1-4H3/t14-,15+,16-,21+/m0/s1. The molecule has 1 fully saturated rings. The number of hydrogen-bond acceptors (Lipinski definition) is 3. The minimum atomic E-state index is -1.57. The van der Waals surface area contributed by atoms with Gasteiger partial charge in [-0.05, 0) is 57.0 Å². The molecule has 4 atom stereocenters. The largest absolute Gasteiger partial charge is 0.415 e. The Labute approximate surface area is 157 Å². The number of benzene rings is 1. The van der Waals surface area contributed by atoms with Crippen LogP contribution in [0.5, 0.6) is 0 Å². The van der Waals surface area contributed by atoms with E-state index in [4.69, 9.17) is 4.43 Å². The molecule has 5 heteroatoms. The Kier molecular flexibility index (Phi) is 4.57. The lowest BCUT2D eigenvalue weighted by Gasteiger charge is -2.47. The third-order valence-corrected chi connectivity index (χ3v) is 7.09. The van der Waals surface area contributed by atoms with Crippen molar-refractivity contribution in [2.45, 2.75) is 51.6 Å². The van der Waals surface area contributed by atoms with Gasteiger partial charge in [0.2, 0.25) is 0 Å². The molecule has 1 aromatic heterocycles. The summed E-state index contributed by atoms with van der Waals surface area (Å²) in [5.41, 5.74) is 3.88. The van der Waals surface area contributed by atoms with Gasteiger partial charge in [-0.1, -0.05) is 18.2 Å². The van der Waals surface area contributed by atoms with Crippen molar-refractivity contribution >= 4 is 25.5 Å². The van der Waals surface area contributed by atoms with Crippen LogP contribution in [0.15, 0.2) is 24.3 Å². The first kappa shape index (κ1) is 18.0. The minimum Gasteiger partial charge on any atom is -0.415 e. The minimum absolute atomic E-state index is 0.0357. The number of H-pyrrole nitrogens is 1. The molecule has 1 saturated heterocycles. The first-order chi connectivity index (χ1) is 12.4. The van der Waals surface area contributed by atoms with Crippen LogP contribution >= 0.6 is 0 Å². The summed E-state index contributed by atoms with van der Waals surface area (Å²) in [6, 6.07) is 8.71. The molecule has 0 saturated carbocycles. The Morgan fingerprint density at radius 1 is 1.31 bits per heavy atom. The van der Waals surface area contributed by atoms with Crippen molar-refractivity contribution in [1.29, 1.82) is 0 Å². The smallest absolute Gasteiger partial charge is 0.184 e. The quantitative estimate of drug-likeness (QED) is 0.650. The monoisotopic (exact) mass is 370 g/mol. The second-order valence-corrected chi connectivity index (χ2v) is 13.4. The van der Waals surface area contributed by atoms with Crippen LogP contribution in [-0.2, 0) is 15.6 Å². The summed E-state index contributed by atoms with van der Waals surface area (Å²) in [5.74, 6) is 0.465. The fraction of sp³-hybridized carbons (Fsp3) is 0.571. The van der Waals surface area contributed by atoms with Gasteiger partial charge in [0.1, 0.15) is 6.29 Å². The number of nitrogens with one attached hydrogen (secondary N) is 1. The third-order valence-electron chi connectivity index (χ3n) is 6.01. The number of carbonyl (C=O) groups is 1. The van der Waals surface area contributed by atoms with Crippen LogP contribution < -0.4 is 0 Å². The molecule has 4 nitrogen and oxygen atoms in total. The Morgan fingerprint density at radius 2 is 2.08 bits per heavy atom. The van der Waals surface area contributed by atoms with Gasteiger partial charge in [0.15, 0.2) is 8.32 Å². The molecule has 1 aromatic carbocycles. The lowest BCUT2D eigenvalue weighted by atomic mass is 9.77. The maximum Gasteiger partial charge on any atom is 0.184 e. The number of para-hydroxylation sites is 1. The first-order valence-electron chi connectivity index (χ1n) is 9.84. The number of carbonyl (C=O) groups excluding carboxylic acids is 1. The topological polar surface area (TPSA) is 45.3 Å². The summed E-state index contributed by atoms with van der Waals surface area (Å²) < 4.78 is 6.36. The third kappa shape index (κ3) is 3.17. The van der Waals surface area contributed by atoms with E-state index in [0.29, 0.717) is 5.92 Å². The molecule has 0 aliphatic carbocycles. The van der Waals surface area contributed by atoms with E-state index < -0.39 is 8.32 Å². The van der Waals surface area contributed by atoms with Gasteiger partial charge in [0.05, 0.1) is 6.04 Å². The van der Waals surface area contributed by atoms with Crippen molar-refractivity contribution in [3.63, 3.8) is 0 Å². The van der Waals surface area contributed by atoms with Gasteiger partial charge < -0.3 is 14.2 Å². The van der Waals surface area contributed by atoms with Gasteiger partial charge in [-0.25, -0.2) is 0 Å². The van der Waals surface area contributed by atoms with Crippen molar-refractivity contribution in [2.75, 3.05) is 13.1 Å². The first-order valence-corrected chi connectivity index (χ1v) is 13.2. The zero-order valence-electron chi connectivity index (χ0n) is 16.3. The maximum atomic E-state index is 12.0. The Morgan fingerprint density at radius 3 is 2.81 bits per heavy atom. The van der Waals surface area contributed by atoms with Crippen molar-refractivity contribution in [3.05, 3.63) is 35.5 Å². The van der Waals surface area contributed by atoms with Crippen molar-refractivity contribution in [3.8, 4) is 0 Å². The fourth-order valence-corrected chi connectivity index (χ4v) is 6.30. The average Bonchev–Trinajstić information content (AvgIpc) is 2.97. The van der Waals surface area contributed by atoms with E-state index in [1.54, 1.807) is 0 Å². The lowest BCUT2D eigenvalue weighted by molar-refractivity contribution is -0.117. The summed E-state index contributed by atoms with van der Waals surface area (Å²) in [6.07, 6.45) is 3.38. The Balaban J connectivity index is 1.63. The van der Waals surface area contributed by atoms with Crippen molar-refractivity contribution < 1.29 is 9.22 Å². The number of hydrogen-bond donors (Lipinski definition) is 1. The molecule has 0 unspecified atom stereocenters. The molecule has 140 valence electrons. The van der Waals surface area contributed by atoms with Crippen LogP contribution in [0, 0.1) is 11.8 Å². The van der Waals surface area contributed by atoms with E-state index in [-0.39, 0.29) is 18.1 Å². The van der Waals surface area contributed by atoms with Crippen molar-refractivity contribution in [2.24, 2.45) is 11.8 Å². The molecule has 2 aromatic rings. The van der Waals surface area contributed by atoms with Gasteiger partial charge in [-0.2, -0.15) is 0 Å². The number of rotatable bonds is 4. The second-order valence-electron chi connectivity index (χ2n) is 8.98. The van der Waals surface area contributed by atoms with Gasteiger partial charge in [-0.15, -0.1) is 0 Å². The SMILES string of the molecule is C[C@H](O[Si](C)(C)C)[C@@H]1C[C@@H](C=O)[C@@H]2c3[nH]c4ccccc4c3CCN2C1. The van der Waals surface area contributed by atoms with Crippen LogP contribution in [0.2, 0.25) is 19.6 Å². The molecule has 2 aliphatic rings. The Bertz CT molecular complexity index is 810. The molecule has 0 bridgehead atoms. The molecular formula is C21H30N2O2Si. The summed E-state index contributed by atoms with van der Waals surface area (Å²) >= 11 is 0. The van der Waals surface area contributed by atoms with Crippen LogP contribution in [0.3, 0.4) is 0 Å². The van der Waals surface area contributed by atoms with Crippen LogP contribution in [-0.4, -0.2) is 43.7 Å². The van der Waals surface area contributed by atoms with Crippen LogP contribution in [0.1, 0.15) is 30.6 Å². The van der Waals surface area contributed by atoms with Crippen LogP contribution in [0.4, 0.5) is 0 Å². The lowest BCUT2D eigenvalue weighted by Crippen LogP contribution is -2.50. The fourth-order valence-electron chi connectivity index (χ4n) is 4.99. The molecule has 0 spiro atoms. The van der Waals surface area contributed by atoms with E-state index in [1.807, 2.05) is 0 Å². The normalized spacial score (nSPS) is 27.8. The highest BCUT2D eigenvalue weighted by Gasteiger charge is 2.43. The average molecular weight is 371 g/mol. The zero-order valence-corrected chi connectivity index (χ0v) is 17.3. The number of fused-ring (bicyclic) bond motifs is 5. The van der Waals surface area contributed by atoms with Gasteiger partial charge in [-0.3, -0.25) is 4.90 Å². The van der Waals surface area contributed by atoms with Crippen LogP contribution in [0.25, 0.3) is 10.9 Å².